The molecule has 0 radical (unpaired) electrons. The SMILES string of the molecule is CCCCNc1ccc(C)c(F)n1. The molecule has 0 aromatic carbocycles. The molecule has 1 N–H and O–H groups in total. The number of pyridine rings is 1. The average molecular weight is 182 g/mol. The second-order valence-electron chi connectivity index (χ2n) is 3.08. The zero-order valence-electron chi connectivity index (χ0n) is 8.10. The number of nitrogens with zero attached hydrogens (tertiary/aromatic N) is 1. The Morgan fingerprint density at radius 1 is 1.46 bits per heavy atom. The van der Waals surface area contributed by atoms with Gasteiger partial charge in [0.25, 0.3) is 0 Å². The van der Waals surface area contributed by atoms with Gasteiger partial charge in [0.15, 0.2) is 0 Å². The Labute approximate surface area is 78.2 Å². The number of halogens is 1. The van der Waals surface area contributed by atoms with Crippen molar-refractivity contribution < 1.29 is 4.39 Å². The summed E-state index contributed by atoms with van der Waals surface area (Å²) in [5.41, 5.74) is 0.584. The molecule has 3 heteroatoms. The number of anilines is 1. The van der Waals surface area contributed by atoms with Gasteiger partial charge in [0.2, 0.25) is 5.95 Å². The zero-order valence-corrected chi connectivity index (χ0v) is 8.10. The summed E-state index contributed by atoms with van der Waals surface area (Å²) in [6.45, 7) is 4.68. The summed E-state index contributed by atoms with van der Waals surface area (Å²) >= 11 is 0. The van der Waals surface area contributed by atoms with E-state index in [1.54, 1.807) is 19.1 Å². The van der Waals surface area contributed by atoms with Crippen molar-refractivity contribution in [1.29, 1.82) is 0 Å². The van der Waals surface area contributed by atoms with Crippen LogP contribution in [0.1, 0.15) is 25.3 Å². The van der Waals surface area contributed by atoms with E-state index in [9.17, 15) is 4.39 Å². The maximum atomic E-state index is 12.9. The van der Waals surface area contributed by atoms with Crippen molar-refractivity contribution in [2.45, 2.75) is 26.7 Å². The van der Waals surface area contributed by atoms with Gasteiger partial charge in [-0.25, -0.2) is 4.98 Å². The molecule has 0 fully saturated rings. The molecule has 1 aromatic heterocycles. The standard InChI is InChI=1S/C10H15FN2/c1-3-4-7-12-9-6-5-8(2)10(11)13-9/h5-6H,3-4,7H2,1-2H3,(H,12,13). The monoisotopic (exact) mass is 182 g/mol. The van der Waals surface area contributed by atoms with E-state index in [0.29, 0.717) is 11.4 Å². The first-order valence-electron chi connectivity index (χ1n) is 4.61. The normalized spacial score (nSPS) is 10.1. The third-order valence-electron chi connectivity index (χ3n) is 1.87. The van der Waals surface area contributed by atoms with Gasteiger partial charge in [0, 0.05) is 12.1 Å². The van der Waals surface area contributed by atoms with Crippen molar-refractivity contribution in [2.24, 2.45) is 0 Å². The van der Waals surface area contributed by atoms with Crippen LogP contribution in [0.5, 0.6) is 0 Å². The van der Waals surface area contributed by atoms with Crippen molar-refractivity contribution >= 4 is 5.82 Å². The summed E-state index contributed by atoms with van der Waals surface area (Å²) in [5, 5.41) is 3.06. The van der Waals surface area contributed by atoms with E-state index in [1.807, 2.05) is 0 Å². The highest BCUT2D eigenvalue weighted by Crippen LogP contribution is 2.08. The number of rotatable bonds is 4. The number of aromatic nitrogens is 1. The predicted molar refractivity (Wildman–Crippen MR) is 52.3 cm³/mol. The van der Waals surface area contributed by atoms with Gasteiger partial charge in [-0.05, 0) is 19.4 Å². The van der Waals surface area contributed by atoms with Gasteiger partial charge < -0.3 is 5.32 Å². The van der Waals surface area contributed by atoms with E-state index in [1.165, 1.54) is 0 Å². The highest BCUT2D eigenvalue weighted by Gasteiger charge is 1.99. The Kier molecular flexibility index (Phi) is 3.68. The van der Waals surface area contributed by atoms with Gasteiger partial charge >= 0.3 is 0 Å². The molecule has 1 rings (SSSR count). The number of unbranched alkanes of at least 4 members (excludes halogenated alkanes) is 1. The molecule has 0 bridgehead atoms. The first-order valence-corrected chi connectivity index (χ1v) is 4.61. The van der Waals surface area contributed by atoms with E-state index in [0.717, 1.165) is 19.4 Å². The molecular formula is C10H15FN2. The minimum Gasteiger partial charge on any atom is -0.370 e. The molecular weight excluding hydrogens is 167 g/mol. The maximum Gasteiger partial charge on any atom is 0.217 e. The topological polar surface area (TPSA) is 24.9 Å². The molecule has 72 valence electrons. The second kappa shape index (κ2) is 4.80. The molecule has 0 aliphatic rings. The average Bonchev–Trinajstić information content (AvgIpc) is 2.12. The third-order valence-corrected chi connectivity index (χ3v) is 1.87. The van der Waals surface area contributed by atoms with Crippen LogP contribution in [0.25, 0.3) is 0 Å². The molecule has 0 saturated carbocycles. The molecule has 13 heavy (non-hydrogen) atoms. The highest BCUT2D eigenvalue weighted by molar-refractivity contribution is 5.35. The molecule has 0 atom stereocenters. The Hall–Kier alpha value is -1.12. The Morgan fingerprint density at radius 2 is 2.23 bits per heavy atom. The van der Waals surface area contributed by atoms with Crippen LogP contribution in [0.3, 0.4) is 0 Å². The number of hydrogen-bond donors (Lipinski definition) is 1. The number of hydrogen-bond acceptors (Lipinski definition) is 2. The van der Waals surface area contributed by atoms with Crippen molar-refractivity contribution in [2.75, 3.05) is 11.9 Å². The second-order valence-corrected chi connectivity index (χ2v) is 3.08. The van der Waals surface area contributed by atoms with Crippen molar-refractivity contribution in [3.05, 3.63) is 23.6 Å². The molecule has 1 aromatic rings. The predicted octanol–water partition coefficient (Wildman–Crippen LogP) is 2.74. The Morgan fingerprint density at radius 3 is 2.85 bits per heavy atom. The molecule has 0 spiro atoms. The zero-order chi connectivity index (χ0) is 9.68. The Bertz CT molecular complexity index is 274. The summed E-state index contributed by atoms with van der Waals surface area (Å²) in [6, 6.07) is 3.53. The lowest BCUT2D eigenvalue weighted by molar-refractivity contribution is 0.575. The van der Waals surface area contributed by atoms with Gasteiger partial charge in [-0.1, -0.05) is 19.4 Å². The third kappa shape index (κ3) is 3.01. The number of aryl methyl sites for hydroxylation is 1. The molecule has 0 saturated heterocycles. The van der Waals surface area contributed by atoms with Crippen LogP contribution < -0.4 is 5.32 Å². The summed E-state index contributed by atoms with van der Waals surface area (Å²) in [5.74, 6) is 0.234. The summed E-state index contributed by atoms with van der Waals surface area (Å²) < 4.78 is 12.9. The highest BCUT2D eigenvalue weighted by atomic mass is 19.1. The summed E-state index contributed by atoms with van der Waals surface area (Å²) in [6.07, 6.45) is 2.21. The van der Waals surface area contributed by atoms with Gasteiger partial charge in [-0.2, -0.15) is 4.39 Å². The van der Waals surface area contributed by atoms with Crippen molar-refractivity contribution in [3.63, 3.8) is 0 Å². The lowest BCUT2D eigenvalue weighted by Gasteiger charge is -2.04. The lowest BCUT2D eigenvalue weighted by atomic mass is 10.3. The largest absolute Gasteiger partial charge is 0.370 e. The van der Waals surface area contributed by atoms with E-state index in [-0.39, 0.29) is 5.95 Å². The Balaban J connectivity index is 2.53. The first kappa shape index (κ1) is 9.96. The lowest BCUT2D eigenvalue weighted by Crippen LogP contribution is -2.04. The molecule has 0 amide bonds. The molecule has 0 unspecified atom stereocenters. The van der Waals surface area contributed by atoms with Gasteiger partial charge in [-0.3, -0.25) is 0 Å². The van der Waals surface area contributed by atoms with Crippen molar-refractivity contribution in [3.8, 4) is 0 Å². The summed E-state index contributed by atoms with van der Waals surface area (Å²) in [4.78, 5) is 3.77. The van der Waals surface area contributed by atoms with E-state index < -0.39 is 0 Å². The number of nitrogens with one attached hydrogen (secondary N) is 1. The first-order chi connectivity index (χ1) is 6.24. The van der Waals surface area contributed by atoms with Crippen LogP contribution >= 0.6 is 0 Å². The van der Waals surface area contributed by atoms with E-state index >= 15 is 0 Å². The fraction of sp³-hybridized carbons (Fsp3) is 0.500. The molecule has 0 aliphatic heterocycles. The molecule has 0 aliphatic carbocycles. The van der Waals surface area contributed by atoms with E-state index in [2.05, 4.69) is 17.2 Å². The smallest absolute Gasteiger partial charge is 0.217 e. The van der Waals surface area contributed by atoms with Crippen LogP contribution in [0.2, 0.25) is 0 Å². The fourth-order valence-corrected chi connectivity index (χ4v) is 0.996. The van der Waals surface area contributed by atoms with Crippen LogP contribution in [0.4, 0.5) is 10.2 Å². The molecule has 2 nitrogen and oxygen atoms in total. The van der Waals surface area contributed by atoms with Crippen LogP contribution in [-0.2, 0) is 0 Å². The van der Waals surface area contributed by atoms with Gasteiger partial charge in [0.05, 0.1) is 0 Å². The van der Waals surface area contributed by atoms with Crippen molar-refractivity contribution in [1.82, 2.24) is 4.98 Å². The summed E-state index contributed by atoms with van der Waals surface area (Å²) in [7, 11) is 0. The van der Waals surface area contributed by atoms with E-state index in [4.69, 9.17) is 0 Å². The quantitative estimate of drug-likeness (QED) is 0.572. The van der Waals surface area contributed by atoms with Crippen LogP contribution in [0, 0.1) is 12.9 Å². The van der Waals surface area contributed by atoms with Gasteiger partial charge in [-0.15, -0.1) is 0 Å². The fourth-order valence-electron chi connectivity index (χ4n) is 0.996. The minimum atomic E-state index is -0.388. The van der Waals surface area contributed by atoms with Crippen LogP contribution in [-0.4, -0.2) is 11.5 Å². The minimum absolute atomic E-state index is 0.388. The van der Waals surface area contributed by atoms with Gasteiger partial charge in [0.1, 0.15) is 5.82 Å². The molecule has 1 heterocycles. The maximum absolute atomic E-state index is 12.9. The van der Waals surface area contributed by atoms with Crippen LogP contribution in [0.15, 0.2) is 12.1 Å².